The molecule has 0 radical (unpaired) electrons. The first kappa shape index (κ1) is 31.2. The lowest BCUT2D eigenvalue weighted by Crippen LogP contribution is -2.22. The van der Waals surface area contributed by atoms with Crippen LogP contribution in [0.1, 0.15) is 166 Å². The lowest BCUT2D eigenvalue weighted by atomic mass is 9.95. The highest BCUT2D eigenvalue weighted by atomic mass is 14.9. The zero-order valence-corrected chi connectivity index (χ0v) is 23.6. The Morgan fingerprint density at radius 2 is 0.735 bits per heavy atom. The molecular weight excluding hydrogens is 412 g/mol. The Bertz CT molecular complexity index is 489. The quantitative estimate of drug-likeness (QED) is 0.146. The van der Waals surface area contributed by atoms with Crippen LogP contribution in [0.25, 0.3) is 0 Å². The van der Waals surface area contributed by atoms with E-state index in [-0.39, 0.29) is 0 Å². The first-order chi connectivity index (χ1) is 16.8. The predicted molar refractivity (Wildman–Crippen MR) is 154 cm³/mol. The number of rotatable bonds is 24. The molecule has 0 saturated carbocycles. The van der Waals surface area contributed by atoms with E-state index in [0.29, 0.717) is 12.1 Å². The van der Waals surface area contributed by atoms with Crippen molar-refractivity contribution < 1.29 is 0 Å². The van der Waals surface area contributed by atoms with E-state index in [1.54, 1.807) is 0 Å². The Kier molecular flexibility index (Phi) is 20.7. The second kappa shape index (κ2) is 22.6. The third-order valence-corrected chi connectivity index (χ3v) is 7.33. The third-order valence-electron chi connectivity index (χ3n) is 7.33. The summed E-state index contributed by atoms with van der Waals surface area (Å²) in [6.45, 7) is 11.2. The van der Waals surface area contributed by atoms with Gasteiger partial charge in [-0.1, -0.05) is 155 Å². The molecule has 0 aliphatic rings. The van der Waals surface area contributed by atoms with Crippen molar-refractivity contribution in [1.29, 1.82) is 0 Å². The molecule has 0 spiro atoms. The number of benzene rings is 1. The molecule has 2 unspecified atom stereocenters. The largest absolute Gasteiger partial charge is 0.310 e. The zero-order valence-electron chi connectivity index (χ0n) is 23.6. The van der Waals surface area contributed by atoms with Gasteiger partial charge in [0.15, 0.2) is 0 Å². The molecule has 0 heterocycles. The molecule has 0 fully saturated rings. The highest BCUT2D eigenvalue weighted by Crippen LogP contribution is 2.25. The molecule has 0 aliphatic heterocycles. The summed E-state index contributed by atoms with van der Waals surface area (Å²) < 4.78 is 0. The van der Waals surface area contributed by atoms with Gasteiger partial charge >= 0.3 is 0 Å². The molecule has 1 aromatic rings. The van der Waals surface area contributed by atoms with Gasteiger partial charge in [0.25, 0.3) is 0 Å². The monoisotopic (exact) mass is 472 g/mol. The molecule has 0 aliphatic carbocycles. The van der Waals surface area contributed by atoms with E-state index >= 15 is 0 Å². The smallest absolute Gasteiger partial charge is 0.0320 e. The van der Waals surface area contributed by atoms with Crippen LogP contribution in [0.15, 0.2) is 24.3 Å². The molecular formula is C32H60N2. The van der Waals surface area contributed by atoms with Crippen molar-refractivity contribution in [3.63, 3.8) is 0 Å². The molecule has 1 rings (SSSR count). The van der Waals surface area contributed by atoms with Crippen molar-refractivity contribution in [2.24, 2.45) is 0 Å². The van der Waals surface area contributed by atoms with Crippen molar-refractivity contribution in [1.82, 2.24) is 10.6 Å². The minimum Gasteiger partial charge on any atom is -0.310 e. The summed E-state index contributed by atoms with van der Waals surface area (Å²) in [5.74, 6) is 0. The number of unbranched alkanes of at least 4 members (excludes halogenated alkanes) is 14. The maximum Gasteiger partial charge on any atom is 0.0320 e. The second-order valence-corrected chi connectivity index (χ2v) is 10.4. The van der Waals surface area contributed by atoms with Crippen LogP contribution in [0.2, 0.25) is 0 Å². The van der Waals surface area contributed by atoms with Crippen LogP contribution in [0.4, 0.5) is 0 Å². The molecule has 0 bridgehead atoms. The maximum absolute atomic E-state index is 3.74. The fourth-order valence-electron chi connectivity index (χ4n) is 5.19. The van der Waals surface area contributed by atoms with Gasteiger partial charge in [-0.15, -0.1) is 0 Å². The lowest BCUT2D eigenvalue weighted by Gasteiger charge is -2.22. The molecule has 0 saturated heterocycles. The Morgan fingerprint density at radius 3 is 1.03 bits per heavy atom. The van der Waals surface area contributed by atoms with E-state index < -0.39 is 0 Å². The average Bonchev–Trinajstić information content (AvgIpc) is 2.86. The third kappa shape index (κ3) is 15.2. The van der Waals surface area contributed by atoms with Crippen LogP contribution in [0.5, 0.6) is 0 Å². The summed E-state index contributed by atoms with van der Waals surface area (Å²) in [4.78, 5) is 0. The van der Waals surface area contributed by atoms with Gasteiger partial charge in [0.1, 0.15) is 0 Å². The van der Waals surface area contributed by atoms with Gasteiger partial charge in [-0.3, -0.25) is 0 Å². The normalized spacial score (nSPS) is 13.3. The maximum atomic E-state index is 3.74. The average molecular weight is 473 g/mol. The molecule has 2 atom stereocenters. The van der Waals surface area contributed by atoms with Gasteiger partial charge in [0.2, 0.25) is 0 Å². The SMILES string of the molecule is CCCCCCCCCCC(NCC)c1ccc(C(CCCCCCCCCC)NCC)cc1. The van der Waals surface area contributed by atoms with E-state index in [0.717, 1.165) is 13.1 Å². The van der Waals surface area contributed by atoms with Crippen molar-refractivity contribution >= 4 is 0 Å². The van der Waals surface area contributed by atoms with Gasteiger partial charge in [0.05, 0.1) is 0 Å². The van der Waals surface area contributed by atoms with Crippen molar-refractivity contribution in [3.05, 3.63) is 35.4 Å². The van der Waals surface area contributed by atoms with E-state index in [9.17, 15) is 0 Å². The Labute approximate surface area is 214 Å². The van der Waals surface area contributed by atoms with E-state index in [1.807, 2.05) is 0 Å². The standard InChI is InChI=1S/C32H60N2/c1-5-9-11-13-15-17-19-21-23-31(33-7-3)29-25-27-30(28-26-29)32(34-8-4)24-22-20-18-16-14-12-10-6-2/h25-28,31-34H,5-24H2,1-4H3. The van der Waals surface area contributed by atoms with Gasteiger partial charge in [-0.05, 0) is 37.1 Å². The molecule has 2 N–H and O–H groups in total. The Balaban J connectivity index is 2.42. The number of hydrogen-bond acceptors (Lipinski definition) is 2. The van der Waals surface area contributed by atoms with Gasteiger partial charge in [-0.25, -0.2) is 0 Å². The van der Waals surface area contributed by atoms with E-state index in [2.05, 4.69) is 62.6 Å². The molecule has 2 nitrogen and oxygen atoms in total. The zero-order chi connectivity index (χ0) is 24.7. The van der Waals surface area contributed by atoms with Crippen LogP contribution in [0, 0.1) is 0 Å². The summed E-state index contributed by atoms with van der Waals surface area (Å²) in [6.07, 6.45) is 24.8. The first-order valence-corrected chi connectivity index (χ1v) is 15.3. The van der Waals surface area contributed by atoms with Crippen molar-refractivity contribution in [2.45, 2.75) is 155 Å². The molecule has 0 amide bonds. The van der Waals surface area contributed by atoms with Gasteiger partial charge in [0, 0.05) is 12.1 Å². The first-order valence-electron chi connectivity index (χ1n) is 15.3. The second-order valence-electron chi connectivity index (χ2n) is 10.4. The Morgan fingerprint density at radius 1 is 0.441 bits per heavy atom. The topological polar surface area (TPSA) is 24.1 Å². The fraction of sp³-hybridized carbons (Fsp3) is 0.812. The molecule has 2 heteroatoms. The highest BCUT2D eigenvalue weighted by Gasteiger charge is 2.13. The molecule has 34 heavy (non-hydrogen) atoms. The van der Waals surface area contributed by atoms with Gasteiger partial charge < -0.3 is 10.6 Å². The highest BCUT2D eigenvalue weighted by molar-refractivity contribution is 5.27. The van der Waals surface area contributed by atoms with Crippen LogP contribution in [-0.4, -0.2) is 13.1 Å². The summed E-state index contributed by atoms with van der Waals surface area (Å²) in [5, 5.41) is 7.48. The molecule has 198 valence electrons. The van der Waals surface area contributed by atoms with E-state index in [1.165, 1.54) is 127 Å². The van der Waals surface area contributed by atoms with Crippen molar-refractivity contribution in [3.8, 4) is 0 Å². The van der Waals surface area contributed by atoms with Crippen LogP contribution >= 0.6 is 0 Å². The van der Waals surface area contributed by atoms with Crippen LogP contribution < -0.4 is 10.6 Å². The van der Waals surface area contributed by atoms with E-state index in [4.69, 9.17) is 0 Å². The summed E-state index contributed by atoms with van der Waals surface area (Å²) >= 11 is 0. The minimum absolute atomic E-state index is 0.504. The number of hydrogen-bond donors (Lipinski definition) is 2. The number of nitrogens with one attached hydrogen (secondary N) is 2. The summed E-state index contributed by atoms with van der Waals surface area (Å²) in [5.41, 5.74) is 2.94. The summed E-state index contributed by atoms with van der Waals surface area (Å²) in [6, 6.07) is 10.6. The fourth-order valence-corrected chi connectivity index (χ4v) is 5.19. The minimum atomic E-state index is 0.504. The summed E-state index contributed by atoms with van der Waals surface area (Å²) in [7, 11) is 0. The van der Waals surface area contributed by atoms with Gasteiger partial charge in [-0.2, -0.15) is 0 Å². The van der Waals surface area contributed by atoms with Crippen molar-refractivity contribution in [2.75, 3.05) is 13.1 Å². The van der Waals surface area contributed by atoms with Crippen LogP contribution in [-0.2, 0) is 0 Å². The molecule has 0 aromatic heterocycles. The predicted octanol–water partition coefficient (Wildman–Crippen LogP) is 10.0. The molecule has 1 aromatic carbocycles. The van der Waals surface area contributed by atoms with Crippen LogP contribution in [0.3, 0.4) is 0 Å². The Hall–Kier alpha value is -0.860. The lowest BCUT2D eigenvalue weighted by molar-refractivity contribution is 0.469.